The molecule has 0 bridgehead atoms. The Bertz CT molecular complexity index is 984. The summed E-state index contributed by atoms with van der Waals surface area (Å²) in [5, 5.41) is 0. The minimum Gasteiger partial charge on any atom is -0.497 e. The molecule has 31 heavy (non-hydrogen) atoms. The summed E-state index contributed by atoms with van der Waals surface area (Å²) >= 11 is 0. The second kappa shape index (κ2) is 8.79. The molecule has 1 aliphatic rings. The van der Waals surface area contributed by atoms with Gasteiger partial charge >= 0.3 is 0 Å². The zero-order chi connectivity index (χ0) is 22.8. The van der Waals surface area contributed by atoms with Crippen molar-refractivity contribution < 1.29 is 23.9 Å². The van der Waals surface area contributed by atoms with Crippen molar-refractivity contribution in [3.05, 3.63) is 54.1 Å². The van der Waals surface area contributed by atoms with Crippen LogP contribution in [0.15, 0.2) is 48.5 Å². The zero-order valence-electron chi connectivity index (χ0n) is 18.5. The van der Waals surface area contributed by atoms with Gasteiger partial charge in [0.1, 0.15) is 17.5 Å². The Kier molecular flexibility index (Phi) is 6.34. The number of nitrogens with zero attached hydrogens (tertiary/aromatic N) is 2. The number of ether oxygens (including phenoxy) is 2. The standard InChI is InChI=1S/C24H28N2O5/c1-6-24(2,3)26(22(28)16-8-7-9-19(14-16)31-5)20-15-21(27)25(23(20)29)17-10-12-18(30-4)13-11-17/h7-14,20H,6,15H2,1-5H3. The number of methoxy groups -OCH3 is 2. The summed E-state index contributed by atoms with van der Waals surface area (Å²) in [6, 6.07) is 12.6. The van der Waals surface area contributed by atoms with Gasteiger partial charge in [0.15, 0.2) is 0 Å². The fourth-order valence-electron chi connectivity index (χ4n) is 3.72. The van der Waals surface area contributed by atoms with E-state index < -0.39 is 17.5 Å². The molecule has 0 saturated carbocycles. The highest BCUT2D eigenvalue weighted by Gasteiger charge is 2.48. The maximum absolute atomic E-state index is 13.6. The van der Waals surface area contributed by atoms with Gasteiger partial charge in [0, 0.05) is 11.1 Å². The van der Waals surface area contributed by atoms with Gasteiger partial charge in [-0.05, 0) is 62.7 Å². The van der Waals surface area contributed by atoms with Gasteiger partial charge in [-0.2, -0.15) is 0 Å². The van der Waals surface area contributed by atoms with Crippen LogP contribution in [0.25, 0.3) is 0 Å². The fraction of sp³-hybridized carbons (Fsp3) is 0.375. The molecule has 1 saturated heterocycles. The van der Waals surface area contributed by atoms with Gasteiger partial charge in [0.25, 0.3) is 11.8 Å². The molecule has 7 nitrogen and oxygen atoms in total. The molecule has 2 aromatic carbocycles. The van der Waals surface area contributed by atoms with E-state index in [1.807, 2.05) is 20.8 Å². The van der Waals surface area contributed by atoms with E-state index in [0.29, 0.717) is 29.2 Å². The lowest BCUT2D eigenvalue weighted by Crippen LogP contribution is -2.55. The topological polar surface area (TPSA) is 76.2 Å². The molecule has 7 heteroatoms. The van der Waals surface area contributed by atoms with Gasteiger partial charge in [0.05, 0.1) is 26.3 Å². The van der Waals surface area contributed by atoms with Crippen LogP contribution < -0.4 is 14.4 Å². The summed E-state index contributed by atoms with van der Waals surface area (Å²) in [4.78, 5) is 42.5. The van der Waals surface area contributed by atoms with Gasteiger partial charge in [-0.15, -0.1) is 0 Å². The second-order valence-corrected chi connectivity index (χ2v) is 8.06. The number of rotatable bonds is 7. The van der Waals surface area contributed by atoms with Crippen molar-refractivity contribution in [2.45, 2.75) is 45.2 Å². The first kappa shape index (κ1) is 22.3. The predicted molar refractivity (Wildman–Crippen MR) is 117 cm³/mol. The van der Waals surface area contributed by atoms with Crippen molar-refractivity contribution in [3.63, 3.8) is 0 Å². The molecule has 0 aliphatic carbocycles. The lowest BCUT2D eigenvalue weighted by Gasteiger charge is -2.41. The smallest absolute Gasteiger partial charge is 0.257 e. The van der Waals surface area contributed by atoms with E-state index in [4.69, 9.17) is 9.47 Å². The maximum atomic E-state index is 13.6. The lowest BCUT2D eigenvalue weighted by atomic mass is 9.94. The Hall–Kier alpha value is -3.35. The number of amides is 3. The molecule has 1 fully saturated rings. The molecule has 1 heterocycles. The number of hydrogen-bond donors (Lipinski definition) is 0. The maximum Gasteiger partial charge on any atom is 0.257 e. The third kappa shape index (κ3) is 4.26. The van der Waals surface area contributed by atoms with Gasteiger partial charge in [0.2, 0.25) is 5.91 Å². The van der Waals surface area contributed by atoms with Gasteiger partial charge in [-0.25, -0.2) is 4.90 Å². The quantitative estimate of drug-likeness (QED) is 0.634. The molecular weight excluding hydrogens is 396 g/mol. The first-order chi connectivity index (χ1) is 14.7. The number of benzene rings is 2. The van der Waals surface area contributed by atoms with Crippen molar-refractivity contribution in [3.8, 4) is 11.5 Å². The Morgan fingerprint density at radius 3 is 2.29 bits per heavy atom. The van der Waals surface area contributed by atoms with Crippen LogP contribution in [-0.4, -0.2) is 48.4 Å². The number of carbonyl (C=O) groups excluding carboxylic acids is 3. The molecular formula is C24H28N2O5. The van der Waals surface area contributed by atoms with E-state index in [9.17, 15) is 14.4 Å². The predicted octanol–water partition coefficient (Wildman–Crippen LogP) is 3.67. The van der Waals surface area contributed by atoms with Crippen LogP contribution in [0.2, 0.25) is 0 Å². The van der Waals surface area contributed by atoms with Crippen LogP contribution >= 0.6 is 0 Å². The monoisotopic (exact) mass is 424 g/mol. The van der Waals surface area contributed by atoms with Crippen LogP contribution in [0.3, 0.4) is 0 Å². The first-order valence-electron chi connectivity index (χ1n) is 10.2. The fourth-order valence-corrected chi connectivity index (χ4v) is 3.72. The van der Waals surface area contributed by atoms with E-state index in [1.165, 1.54) is 7.11 Å². The van der Waals surface area contributed by atoms with E-state index >= 15 is 0 Å². The van der Waals surface area contributed by atoms with Gasteiger partial charge < -0.3 is 14.4 Å². The molecule has 0 aromatic heterocycles. The summed E-state index contributed by atoms with van der Waals surface area (Å²) in [7, 11) is 3.08. The zero-order valence-corrected chi connectivity index (χ0v) is 18.5. The van der Waals surface area contributed by atoms with Gasteiger partial charge in [-0.1, -0.05) is 13.0 Å². The van der Waals surface area contributed by atoms with Crippen LogP contribution in [-0.2, 0) is 9.59 Å². The second-order valence-electron chi connectivity index (χ2n) is 8.06. The molecule has 1 atom stereocenters. The molecule has 0 N–H and O–H groups in total. The Morgan fingerprint density at radius 2 is 1.71 bits per heavy atom. The highest BCUT2D eigenvalue weighted by atomic mass is 16.5. The lowest BCUT2D eigenvalue weighted by molar-refractivity contribution is -0.123. The highest BCUT2D eigenvalue weighted by Crippen LogP contribution is 2.33. The molecule has 3 rings (SSSR count). The van der Waals surface area contributed by atoms with E-state index in [2.05, 4.69) is 0 Å². The molecule has 1 unspecified atom stereocenters. The van der Waals surface area contributed by atoms with Crippen molar-refractivity contribution in [1.82, 2.24) is 4.90 Å². The SMILES string of the molecule is CCC(C)(C)N(C(=O)c1cccc(OC)c1)C1CC(=O)N(c2ccc(OC)cc2)C1=O. The molecule has 3 amide bonds. The third-order valence-corrected chi connectivity index (χ3v) is 5.82. The minimum absolute atomic E-state index is 0.0655. The van der Waals surface area contributed by atoms with Crippen molar-refractivity contribution >= 4 is 23.4 Å². The normalized spacial score (nSPS) is 16.4. The molecule has 164 valence electrons. The van der Waals surface area contributed by atoms with Crippen molar-refractivity contribution in [2.75, 3.05) is 19.1 Å². The minimum atomic E-state index is -0.886. The highest BCUT2D eigenvalue weighted by molar-refractivity contribution is 6.23. The summed E-state index contributed by atoms with van der Waals surface area (Å²) in [6.45, 7) is 5.76. The van der Waals surface area contributed by atoms with E-state index in [-0.39, 0.29) is 18.2 Å². The van der Waals surface area contributed by atoms with Crippen molar-refractivity contribution in [2.24, 2.45) is 0 Å². The summed E-state index contributed by atoms with van der Waals surface area (Å²) in [5.74, 6) is 0.118. The number of carbonyl (C=O) groups is 3. The Labute approximate surface area is 182 Å². The molecule has 1 aliphatic heterocycles. The van der Waals surface area contributed by atoms with Crippen LogP contribution in [0.5, 0.6) is 11.5 Å². The summed E-state index contributed by atoms with van der Waals surface area (Å²) < 4.78 is 10.4. The summed E-state index contributed by atoms with van der Waals surface area (Å²) in [5.41, 5.74) is 0.224. The Balaban J connectivity index is 1.98. The molecule has 0 spiro atoms. The number of anilines is 1. The molecule has 2 aromatic rings. The largest absolute Gasteiger partial charge is 0.497 e. The first-order valence-corrected chi connectivity index (χ1v) is 10.2. The van der Waals surface area contributed by atoms with Crippen LogP contribution in [0.4, 0.5) is 5.69 Å². The average Bonchev–Trinajstić information content (AvgIpc) is 3.07. The average molecular weight is 424 g/mol. The van der Waals surface area contributed by atoms with E-state index in [0.717, 1.165) is 4.90 Å². The summed E-state index contributed by atoms with van der Waals surface area (Å²) in [6.07, 6.45) is 0.549. The number of imide groups is 1. The molecule has 0 radical (unpaired) electrons. The van der Waals surface area contributed by atoms with Gasteiger partial charge in [-0.3, -0.25) is 14.4 Å². The van der Waals surface area contributed by atoms with E-state index in [1.54, 1.807) is 60.5 Å². The number of hydrogen-bond acceptors (Lipinski definition) is 5. The van der Waals surface area contributed by atoms with Crippen LogP contribution in [0.1, 0.15) is 44.0 Å². The van der Waals surface area contributed by atoms with Crippen molar-refractivity contribution in [1.29, 1.82) is 0 Å². The Morgan fingerprint density at radius 1 is 1.06 bits per heavy atom. The third-order valence-electron chi connectivity index (χ3n) is 5.82. The van der Waals surface area contributed by atoms with Crippen LogP contribution in [0, 0.1) is 0 Å².